The summed E-state index contributed by atoms with van der Waals surface area (Å²) < 4.78 is 33.4. The lowest BCUT2D eigenvalue weighted by atomic mass is 9.93. The predicted octanol–water partition coefficient (Wildman–Crippen LogP) is 5.51. The lowest BCUT2D eigenvalue weighted by molar-refractivity contribution is 0.0608. The first-order valence-electron chi connectivity index (χ1n) is 14.5. The topological polar surface area (TPSA) is 134 Å². The summed E-state index contributed by atoms with van der Waals surface area (Å²) in [4.78, 5) is 39.9. The summed E-state index contributed by atoms with van der Waals surface area (Å²) in [5.74, 6) is -0.565. The molecule has 5 rings (SSSR count). The molecule has 3 aromatic carbocycles. The van der Waals surface area contributed by atoms with Crippen LogP contribution in [0.25, 0.3) is 10.8 Å². The standard InChI is InChI=1S/C31H36N4O6S/c1-2-3-19-35-29(36)25-11-7-10-24-27(17-16-26(28(24)25)30(35)37)32-18-20-41-31(38)33-21-12-14-23(15-13-21)42(39,40)34-22-8-5-4-6-9-22/h7,10-17,22,32,34H,2-6,8-9,18-20H2,1H3,(H,33,38). The number of benzene rings is 3. The van der Waals surface area contributed by atoms with E-state index in [1.54, 1.807) is 24.3 Å². The van der Waals surface area contributed by atoms with E-state index in [1.807, 2.05) is 13.0 Å². The third-order valence-electron chi connectivity index (χ3n) is 7.72. The van der Waals surface area contributed by atoms with Crippen molar-refractivity contribution in [1.82, 2.24) is 9.62 Å². The number of anilines is 2. The first kappa shape index (κ1) is 29.5. The van der Waals surface area contributed by atoms with E-state index >= 15 is 0 Å². The summed E-state index contributed by atoms with van der Waals surface area (Å²) in [6.45, 7) is 2.75. The van der Waals surface area contributed by atoms with Gasteiger partial charge in [-0.1, -0.05) is 44.7 Å². The van der Waals surface area contributed by atoms with Crippen LogP contribution >= 0.6 is 0 Å². The zero-order valence-corrected chi connectivity index (χ0v) is 24.5. The van der Waals surface area contributed by atoms with Crippen LogP contribution in [0.4, 0.5) is 16.2 Å². The monoisotopic (exact) mass is 592 g/mol. The van der Waals surface area contributed by atoms with Crippen LogP contribution in [0.5, 0.6) is 0 Å². The second-order valence-corrected chi connectivity index (χ2v) is 12.4. The Morgan fingerprint density at radius 1 is 0.952 bits per heavy atom. The van der Waals surface area contributed by atoms with Gasteiger partial charge in [0.15, 0.2) is 0 Å². The Kier molecular flexibility index (Phi) is 9.08. The molecule has 10 nitrogen and oxygen atoms in total. The van der Waals surface area contributed by atoms with Gasteiger partial charge >= 0.3 is 6.09 Å². The molecule has 0 unspecified atom stereocenters. The van der Waals surface area contributed by atoms with Crippen LogP contribution in [0.1, 0.15) is 72.6 Å². The minimum absolute atomic E-state index is 0.0363. The van der Waals surface area contributed by atoms with E-state index in [9.17, 15) is 22.8 Å². The highest BCUT2D eigenvalue weighted by Crippen LogP contribution is 2.34. The van der Waals surface area contributed by atoms with E-state index in [1.165, 1.54) is 29.2 Å². The molecule has 222 valence electrons. The van der Waals surface area contributed by atoms with E-state index in [0.29, 0.717) is 35.3 Å². The Labute approximate surface area is 245 Å². The Bertz CT molecular complexity index is 1560. The smallest absolute Gasteiger partial charge is 0.411 e. The van der Waals surface area contributed by atoms with Crippen LogP contribution in [-0.4, -0.2) is 57.0 Å². The molecular formula is C31H36N4O6S. The summed E-state index contributed by atoms with van der Waals surface area (Å²) in [5, 5.41) is 7.21. The Hall–Kier alpha value is -3.96. The molecule has 0 bridgehead atoms. The van der Waals surface area contributed by atoms with E-state index in [0.717, 1.165) is 56.0 Å². The third kappa shape index (κ3) is 6.42. The molecule has 0 spiro atoms. The molecule has 11 heteroatoms. The maximum absolute atomic E-state index is 13.1. The fourth-order valence-corrected chi connectivity index (χ4v) is 6.83. The van der Waals surface area contributed by atoms with Crippen molar-refractivity contribution in [1.29, 1.82) is 0 Å². The highest BCUT2D eigenvalue weighted by atomic mass is 32.2. The van der Waals surface area contributed by atoms with Crippen molar-refractivity contribution < 1.29 is 27.5 Å². The number of rotatable bonds is 11. The fourth-order valence-electron chi connectivity index (χ4n) is 5.53. The van der Waals surface area contributed by atoms with Crippen LogP contribution < -0.4 is 15.4 Å². The highest BCUT2D eigenvalue weighted by Gasteiger charge is 2.32. The maximum Gasteiger partial charge on any atom is 0.411 e. The van der Waals surface area contributed by atoms with Gasteiger partial charge in [-0.05, 0) is 61.7 Å². The number of sulfonamides is 1. The Balaban J connectivity index is 1.15. The molecule has 3 amide bonds. The average Bonchev–Trinajstić information content (AvgIpc) is 2.99. The molecule has 42 heavy (non-hydrogen) atoms. The minimum Gasteiger partial charge on any atom is -0.447 e. The molecule has 3 N–H and O–H groups in total. The van der Waals surface area contributed by atoms with Gasteiger partial charge in [0.05, 0.1) is 4.90 Å². The van der Waals surface area contributed by atoms with Crippen molar-refractivity contribution >= 4 is 50.1 Å². The number of carbonyl (C=O) groups excluding carboxylic acids is 3. The van der Waals surface area contributed by atoms with Gasteiger partial charge in [0.1, 0.15) is 6.61 Å². The number of hydrogen-bond acceptors (Lipinski definition) is 7. The molecule has 0 aromatic heterocycles. The number of amides is 3. The second-order valence-electron chi connectivity index (χ2n) is 10.7. The second kappa shape index (κ2) is 12.9. The van der Waals surface area contributed by atoms with Crippen LogP contribution in [-0.2, 0) is 14.8 Å². The lowest BCUT2D eigenvalue weighted by Crippen LogP contribution is -2.40. The van der Waals surface area contributed by atoms with Crippen molar-refractivity contribution in [3.8, 4) is 0 Å². The van der Waals surface area contributed by atoms with Crippen molar-refractivity contribution in [2.45, 2.75) is 62.8 Å². The van der Waals surface area contributed by atoms with E-state index in [2.05, 4.69) is 15.4 Å². The molecule has 1 saturated carbocycles. The summed E-state index contributed by atoms with van der Waals surface area (Å²) >= 11 is 0. The van der Waals surface area contributed by atoms with Crippen LogP contribution in [0, 0.1) is 0 Å². The van der Waals surface area contributed by atoms with Gasteiger partial charge in [-0.25, -0.2) is 17.9 Å². The number of hydrogen-bond donors (Lipinski definition) is 3. The largest absolute Gasteiger partial charge is 0.447 e. The Morgan fingerprint density at radius 2 is 1.67 bits per heavy atom. The fraction of sp³-hybridized carbons (Fsp3) is 0.387. The normalized spacial score (nSPS) is 15.6. The SMILES string of the molecule is CCCCN1C(=O)c2cccc3c(NCCOC(=O)Nc4ccc(S(=O)(=O)NC5CCCCC5)cc4)ccc(c23)C1=O. The molecule has 2 aliphatic rings. The third-order valence-corrected chi connectivity index (χ3v) is 9.25. The van der Waals surface area contributed by atoms with E-state index < -0.39 is 16.1 Å². The summed E-state index contributed by atoms with van der Waals surface area (Å²) in [6.07, 6.45) is 5.84. The molecule has 1 aliphatic heterocycles. The number of carbonyl (C=O) groups is 3. The highest BCUT2D eigenvalue weighted by molar-refractivity contribution is 7.89. The molecule has 1 heterocycles. The summed E-state index contributed by atoms with van der Waals surface area (Å²) in [6, 6.07) is 14.8. The first-order chi connectivity index (χ1) is 20.3. The zero-order valence-electron chi connectivity index (χ0n) is 23.6. The minimum atomic E-state index is -3.62. The van der Waals surface area contributed by atoms with Gasteiger partial charge in [-0.3, -0.25) is 19.8 Å². The van der Waals surface area contributed by atoms with Crippen molar-refractivity contribution in [2.24, 2.45) is 0 Å². The molecule has 3 aromatic rings. The lowest BCUT2D eigenvalue weighted by Gasteiger charge is -2.27. The molecular weight excluding hydrogens is 556 g/mol. The Morgan fingerprint density at radius 3 is 2.38 bits per heavy atom. The molecule has 1 aliphatic carbocycles. The number of imide groups is 1. The number of unbranched alkanes of at least 4 members (excludes halogenated alkanes) is 1. The van der Waals surface area contributed by atoms with Crippen molar-refractivity contribution in [2.75, 3.05) is 30.3 Å². The predicted molar refractivity (Wildman–Crippen MR) is 161 cm³/mol. The summed E-state index contributed by atoms with van der Waals surface area (Å²) in [7, 11) is -3.62. The molecule has 0 radical (unpaired) electrons. The van der Waals surface area contributed by atoms with Crippen LogP contribution in [0.3, 0.4) is 0 Å². The molecule has 0 saturated heterocycles. The average molecular weight is 593 g/mol. The van der Waals surface area contributed by atoms with Gasteiger partial charge < -0.3 is 10.1 Å². The quantitative estimate of drug-likeness (QED) is 0.198. The van der Waals surface area contributed by atoms with Crippen LogP contribution in [0.2, 0.25) is 0 Å². The van der Waals surface area contributed by atoms with Crippen molar-refractivity contribution in [3.63, 3.8) is 0 Å². The van der Waals surface area contributed by atoms with Gasteiger partial charge in [0.25, 0.3) is 11.8 Å². The van der Waals surface area contributed by atoms with Gasteiger partial charge in [0.2, 0.25) is 10.0 Å². The van der Waals surface area contributed by atoms with Crippen LogP contribution in [0.15, 0.2) is 59.5 Å². The van der Waals surface area contributed by atoms with Crippen molar-refractivity contribution in [3.05, 3.63) is 65.7 Å². The molecule has 0 atom stereocenters. The van der Waals surface area contributed by atoms with Gasteiger partial charge in [0, 0.05) is 52.4 Å². The maximum atomic E-state index is 13.1. The first-order valence-corrected chi connectivity index (χ1v) is 16.0. The van der Waals surface area contributed by atoms with E-state index in [-0.39, 0.29) is 29.4 Å². The van der Waals surface area contributed by atoms with Gasteiger partial charge in [-0.2, -0.15) is 0 Å². The van der Waals surface area contributed by atoms with E-state index in [4.69, 9.17) is 4.74 Å². The summed E-state index contributed by atoms with van der Waals surface area (Å²) in [5.41, 5.74) is 2.14. The number of nitrogens with zero attached hydrogens (tertiary/aromatic N) is 1. The number of nitrogens with one attached hydrogen (secondary N) is 3. The zero-order chi connectivity index (χ0) is 29.7. The molecule has 1 fully saturated rings. The number of ether oxygens (including phenoxy) is 1. The van der Waals surface area contributed by atoms with Gasteiger partial charge in [-0.15, -0.1) is 0 Å².